The fraction of sp³-hybridized carbons (Fsp3) is 0.250. The number of alkyl halides is 5. The highest BCUT2D eigenvalue weighted by Gasteiger charge is 2.56. The molecule has 3 heterocycles. The molecular formula is C24H16BrClF5N5O. The number of hydrogen-bond donors (Lipinski definition) is 1. The lowest BCUT2D eigenvalue weighted by atomic mass is 9.78. The molecule has 2 aromatic carbocycles. The lowest BCUT2D eigenvalue weighted by molar-refractivity contribution is -0.285. The number of rotatable bonds is 5. The number of aryl methyl sites for hydroxylation is 1. The molecule has 192 valence electrons. The molecule has 2 aromatic heterocycles. The van der Waals surface area contributed by atoms with Crippen LogP contribution in [0.4, 0.5) is 27.8 Å². The summed E-state index contributed by atoms with van der Waals surface area (Å²) < 4.78 is 66.7. The van der Waals surface area contributed by atoms with E-state index in [2.05, 4.69) is 36.3 Å². The lowest BCUT2D eigenvalue weighted by Crippen LogP contribution is -2.37. The van der Waals surface area contributed by atoms with Gasteiger partial charge in [0.05, 0.1) is 5.52 Å². The monoisotopic (exact) mass is 599 g/mol. The molecule has 1 N–H and O–H groups in total. The van der Waals surface area contributed by atoms with E-state index >= 15 is 0 Å². The van der Waals surface area contributed by atoms with Crippen LogP contribution in [0.5, 0.6) is 0 Å². The third-order valence-electron chi connectivity index (χ3n) is 6.38. The number of amides is 1. The van der Waals surface area contributed by atoms with Crippen molar-refractivity contribution in [3.05, 3.63) is 69.3 Å². The van der Waals surface area contributed by atoms with Gasteiger partial charge in [-0.25, -0.2) is 9.97 Å². The van der Waals surface area contributed by atoms with Crippen LogP contribution in [0.1, 0.15) is 24.5 Å². The molecule has 0 fully saturated rings. The van der Waals surface area contributed by atoms with Crippen molar-refractivity contribution in [3.8, 4) is 11.5 Å². The Hall–Kier alpha value is -3.12. The van der Waals surface area contributed by atoms with Crippen LogP contribution in [0, 0.1) is 0 Å². The molecule has 0 bridgehead atoms. The van der Waals surface area contributed by atoms with E-state index in [1.54, 1.807) is 25.1 Å². The molecule has 1 amide bonds. The van der Waals surface area contributed by atoms with E-state index < -0.39 is 30.5 Å². The molecule has 0 radical (unpaired) electrons. The first kappa shape index (κ1) is 25.5. The zero-order valence-electron chi connectivity index (χ0n) is 18.9. The minimum Gasteiger partial charge on any atom is -0.309 e. The number of nitrogens with one attached hydrogen (secondary N) is 1. The fourth-order valence-electron chi connectivity index (χ4n) is 4.34. The minimum atomic E-state index is -5.69. The summed E-state index contributed by atoms with van der Waals surface area (Å²) in [4.78, 5) is 22.0. The van der Waals surface area contributed by atoms with Crippen LogP contribution < -0.4 is 5.32 Å². The summed E-state index contributed by atoms with van der Waals surface area (Å²) in [6, 6.07) is 13.6. The Kier molecular flexibility index (Phi) is 6.02. The predicted octanol–water partition coefficient (Wildman–Crippen LogP) is 6.76. The zero-order chi connectivity index (χ0) is 26.8. The quantitative estimate of drug-likeness (QED) is 0.203. The van der Waals surface area contributed by atoms with Gasteiger partial charge < -0.3 is 5.32 Å². The maximum absolute atomic E-state index is 13.6. The van der Waals surface area contributed by atoms with Crippen molar-refractivity contribution in [2.45, 2.75) is 37.4 Å². The van der Waals surface area contributed by atoms with Crippen LogP contribution in [0.25, 0.3) is 22.4 Å². The van der Waals surface area contributed by atoms with Gasteiger partial charge in [0.2, 0.25) is 5.91 Å². The van der Waals surface area contributed by atoms with Gasteiger partial charge in [-0.3, -0.25) is 9.48 Å². The second-order valence-electron chi connectivity index (χ2n) is 8.69. The van der Waals surface area contributed by atoms with Crippen LogP contribution in [0.2, 0.25) is 5.02 Å². The maximum Gasteiger partial charge on any atom is 0.453 e. The highest BCUT2D eigenvalue weighted by atomic mass is 79.9. The van der Waals surface area contributed by atoms with Crippen molar-refractivity contribution >= 4 is 50.2 Å². The molecule has 0 saturated carbocycles. The highest BCUT2D eigenvalue weighted by Crippen LogP contribution is 2.46. The molecule has 6 nitrogen and oxygen atoms in total. The van der Waals surface area contributed by atoms with Crippen molar-refractivity contribution in [2.24, 2.45) is 0 Å². The predicted molar refractivity (Wildman–Crippen MR) is 131 cm³/mol. The van der Waals surface area contributed by atoms with E-state index in [-0.39, 0.29) is 33.8 Å². The van der Waals surface area contributed by atoms with Gasteiger partial charge in [0.25, 0.3) is 0 Å². The van der Waals surface area contributed by atoms with Crippen molar-refractivity contribution in [2.75, 3.05) is 5.32 Å². The molecule has 0 spiro atoms. The Morgan fingerprint density at radius 2 is 1.78 bits per heavy atom. The molecule has 4 aromatic rings. The van der Waals surface area contributed by atoms with E-state index in [9.17, 15) is 26.7 Å². The van der Waals surface area contributed by atoms with Gasteiger partial charge in [-0.05, 0) is 46.6 Å². The van der Waals surface area contributed by atoms with Crippen LogP contribution in [-0.2, 0) is 16.8 Å². The van der Waals surface area contributed by atoms with Crippen molar-refractivity contribution in [1.29, 1.82) is 0 Å². The first-order valence-corrected chi connectivity index (χ1v) is 12.1. The van der Waals surface area contributed by atoms with Crippen LogP contribution in [0.3, 0.4) is 0 Å². The van der Waals surface area contributed by atoms with Crippen LogP contribution >= 0.6 is 27.5 Å². The normalized spacial score (nSPS) is 17.8. The molecule has 0 saturated heterocycles. The number of anilines is 1. The van der Waals surface area contributed by atoms with Gasteiger partial charge in [-0.15, -0.1) is 0 Å². The molecule has 5 rings (SSSR count). The summed E-state index contributed by atoms with van der Waals surface area (Å²) >= 11 is 9.49. The Morgan fingerprint density at radius 3 is 2.46 bits per heavy atom. The average Bonchev–Trinajstić information content (AvgIpc) is 3.32. The number of carbonyl (C=O) groups is 1. The summed E-state index contributed by atoms with van der Waals surface area (Å²) in [5, 5.41) is 7.66. The lowest BCUT2D eigenvalue weighted by Gasteiger charge is -2.23. The fourth-order valence-corrected chi connectivity index (χ4v) is 5.26. The van der Waals surface area contributed by atoms with Gasteiger partial charge in [0.1, 0.15) is 21.5 Å². The first-order chi connectivity index (χ1) is 17.3. The number of halogens is 7. The minimum absolute atomic E-state index is 0.0388. The second kappa shape index (κ2) is 8.73. The van der Waals surface area contributed by atoms with Gasteiger partial charge in [0, 0.05) is 28.9 Å². The number of fused-ring (bicyclic) bond motifs is 2. The molecular weight excluding hydrogens is 585 g/mol. The number of aromatic nitrogens is 4. The van der Waals surface area contributed by atoms with Gasteiger partial charge in [-0.2, -0.15) is 27.1 Å². The summed E-state index contributed by atoms with van der Waals surface area (Å²) in [5.74, 6) is -4.95. The second-order valence-corrected chi connectivity index (χ2v) is 9.88. The third kappa shape index (κ3) is 4.15. The smallest absolute Gasteiger partial charge is 0.309 e. The zero-order valence-corrected chi connectivity index (χ0v) is 21.2. The van der Waals surface area contributed by atoms with Crippen molar-refractivity contribution in [3.63, 3.8) is 0 Å². The Morgan fingerprint density at radius 1 is 1.08 bits per heavy atom. The van der Waals surface area contributed by atoms with Gasteiger partial charge >= 0.3 is 12.1 Å². The Balaban J connectivity index is 1.61. The van der Waals surface area contributed by atoms with Gasteiger partial charge in [0.15, 0.2) is 5.82 Å². The molecule has 0 aliphatic carbocycles. The third-order valence-corrected chi connectivity index (χ3v) is 7.19. The van der Waals surface area contributed by atoms with Crippen molar-refractivity contribution in [1.82, 2.24) is 19.7 Å². The summed E-state index contributed by atoms with van der Waals surface area (Å²) in [6.45, 7) is 1.00. The number of carbonyl (C=O) groups excluding carboxylic acids is 1. The topological polar surface area (TPSA) is 72.7 Å². The molecule has 1 unspecified atom stereocenters. The highest BCUT2D eigenvalue weighted by molar-refractivity contribution is 9.10. The molecule has 1 aliphatic rings. The standard InChI is InChI=1S/C24H16BrClF5N5O/c1-22(12-5-3-2-4-6-12)16-18(25)32-20(33-19(16)34-21(22)37)17-14-8-7-13(26)11-15(14)36(35-17)10-9-23(27,28)24(29,30)31/h2-8,11H,9-10H2,1H3,(H,32,33,34,37). The number of hydrogen-bond acceptors (Lipinski definition) is 4. The Bertz CT molecular complexity index is 1540. The van der Waals surface area contributed by atoms with Gasteiger partial charge in [-0.1, -0.05) is 41.9 Å². The van der Waals surface area contributed by atoms with Crippen molar-refractivity contribution < 1.29 is 26.7 Å². The average molecular weight is 601 g/mol. The SMILES string of the molecule is CC1(c2ccccc2)C(=O)Nc2nc(-c3nn(CCC(F)(F)C(F)(F)F)c4cc(Cl)ccc34)nc(Br)c21. The summed E-state index contributed by atoms with van der Waals surface area (Å²) in [5.41, 5.74) is 0.501. The van der Waals surface area contributed by atoms with E-state index in [0.717, 1.165) is 10.2 Å². The molecule has 1 aliphatic heterocycles. The van der Waals surface area contributed by atoms with E-state index in [4.69, 9.17) is 11.6 Å². The Labute approximate surface area is 220 Å². The van der Waals surface area contributed by atoms with Crippen LogP contribution in [-0.4, -0.2) is 37.8 Å². The van der Waals surface area contributed by atoms with E-state index in [0.29, 0.717) is 15.6 Å². The maximum atomic E-state index is 13.6. The summed E-state index contributed by atoms with van der Waals surface area (Å²) in [7, 11) is 0. The van der Waals surface area contributed by atoms with E-state index in [1.165, 1.54) is 12.1 Å². The molecule has 1 atom stereocenters. The number of benzene rings is 2. The molecule has 13 heteroatoms. The largest absolute Gasteiger partial charge is 0.453 e. The number of nitrogens with zero attached hydrogens (tertiary/aromatic N) is 4. The first-order valence-electron chi connectivity index (χ1n) is 10.9. The molecule has 37 heavy (non-hydrogen) atoms. The van der Waals surface area contributed by atoms with E-state index in [1.807, 2.05) is 18.2 Å². The van der Waals surface area contributed by atoms with Crippen LogP contribution in [0.15, 0.2) is 53.1 Å². The summed E-state index contributed by atoms with van der Waals surface area (Å²) in [6.07, 6.45) is -7.20.